The van der Waals surface area contributed by atoms with Crippen molar-refractivity contribution in [1.29, 1.82) is 0 Å². The molecule has 83 heavy (non-hydrogen) atoms. The largest absolute Gasteiger partial charge is 0.308 e. The number of rotatable bonds is 10. The molecular weight excluding hydrogens is 999 g/mol. The Morgan fingerprint density at radius 3 is 1.00 bits per heavy atom. The number of aromatic nitrogens is 1. The molecule has 400 valence electrons. The van der Waals surface area contributed by atoms with Crippen LogP contribution in [0.1, 0.15) is 101 Å². The summed E-state index contributed by atoms with van der Waals surface area (Å²) in [5.74, 6) is 1.60. The maximum absolute atomic E-state index is 2.60. The molecule has 0 saturated carbocycles. The second kappa shape index (κ2) is 19.7. The number of hydrogen-bond acceptors (Lipinski definition) is 0. The molecular formula is C82H67N. The Bertz CT molecular complexity index is 4710. The van der Waals surface area contributed by atoms with Crippen LogP contribution in [0, 0.1) is 0 Å². The monoisotopic (exact) mass is 1070 g/mol. The van der Waals surface area contributed by atoms with Crippen LogP contribution in [0.15, 0.2) is 237 Å². The van der Waals surface area contributed by atoms with Crippen molar-refractivity contribution in [3.05, 3.63) is 259 Å². The van der Waals surface area contributed by atoms with E-state index in [1.807, 2.05) is 0 Å². The van der Waals surface area contributed by atoms with Crippen molar-refractivity contribution < 1.29 is 0 Å². The minimum Gasteiger partial charge on any atom is -0.308 e. The van der Waals surface area contributed by atoms with Crippen molar-refractivity contribution in [3.63, 3.8) is 0 Å². The zero-order valence-electron chi connectivity index (χ0n) is 48.8. The van der Waals surface area contributed by atoms with Gasteiger partial charge in [-0.25, -0.2) is 0 Å². The molecule has 0 radical (unpaired) electrons. The van der Waals surface area contributed by atoms with E-state index in [1.165, 1.54) is 170 Å². The molecule has 0 aliphatic heterocycles. The fourth-order valence-corrected chi connectivity index (χ4v) is 14.5. The van der Waals surface area contributed by atoms with E-state index < -0.39 is 0 Å². The molecule has 15 rings (SSSR count). The summed E-state index contributed by atoms with van der Waals surface area (Å²) < 4.78 is 2.60. The molecule has 0 N–H and O–H groups in total. The maximum Gasteiger partial charge on any atom is 0.0620 e. The maximum atomic E-state index is 2.60. The van der Waals surface area contributed by atoms with Crippen LogP contribution >= 0.6 is 0 Å². The Morgan fingerprint density at radius 2 is 0.602 bits per heavy atom. The first-order valence-corrected chi connectivity index (χ1v) is 30.1. The third kappa shape index (κ3) is 8.03. The second-order valence-corrected chi connectivity index (χ2v) is 24.7. The van der Waals surface area contributed by atoms with Gasteiger partial charge in [0.25, 0.3) is 0 Å². The van der Waals surface area contributed by atoms with Gasteiger partial charge in [-0.3, -0.25) is 0 Å². The number of nitrogens with zero attached hydrogens (tertiary/aromatic N) is 1. The SMILES string of the molecule is CC(C)c1cccc(C(C)C)c1-c1ccc2cc3c(cc2c1)c1cc(-c2c4ccccc4c(-c4c(-c5ccccc5)cccc4-c4ccccc4)c4ccccc24)cc2c4cc5cc(-c6c(C(C)C)cccc6C(C)C)ccc5cc4n3c12. The van der Waals surface area contributed by atoms with Crippen LogP contribution in [-0.4, -0.2) is 4.40 Å². The predicted octanol–water partition coefficient (Wildman–Crippen LogP) is 23.9. The molecule has 1 heteroatoms. The second-order valence-electron chi connectivity index (χ2n) is 24.7. The highest BCUT2D eigenvalue weighted by Gasteiger charge is 2.26. The van der Waals surface area contributed by atoms with E-state index in [1.54, 1.807) is 0 Å². The van der Waals surface area contributed by atoms with Gasteiger partial charge in [-0.05, 0) is 204 Å². The Hall–Kier alpha value is -9.30. The summed E-state index contributed by atoms with van der Waals surface area (Å²) in [6.07, 6.45) is 0. The lowest BCUT2D eigenvalue weighted by atomic mass is 9.80. The summed E-state index contributed by atoms with van der Waals surface area (Å²) in [6, 6.07) is 90.5. The fraction of sp³-hybridized carbons (Fsp3) is 0.146. The molecule has 0 unspecified atom stereocenters. The third-order valence-corrected chi connectivity index (χ3v) is 18.3. The molecule has 2 heterocycles. The van der Waals surface area contributed by atoms with E-state index in [0.717, 1.165) is 0 Å². The molecule has 1 nitrogen and oxygen atoms in total. The first-order chi connectivity index (χ1) is 40.5. The van der Waals surface area contributed by atoms with E-state index in [9.17, 15) is 0 Å². The zero-order valence-corrected chi connectivity index (χ0v) is 48.8. The van der Waals surface area contributed by atoms with Gasteiger partial charge >= 0.3 is 0 Å². The van der Waals surface area contributed by atoms with Crippen molar-refractivity contribution in [1.82, 2.24) is 4.40 Å². The van der Waals surface area contributed by atoms with Crippen molar-refractivity contribution in [2.24, 2.45) is 0 Å². The summed E-state index contributed by atoms with van der Waals surface area (Å²) in [4.78, 5) is 0. The molecule has 0 bridgehead atoms. The van der Waals surface area contributed by atoms with Gasteiger partial charge in [0.05, 0.1) is 16.6 Å². The molecule has 2 aromatic heterocycles. The molecule has 13 aromatic carbocycles. The molecule has 0 atom stereocenters. The minimum absolute atomic E-state index is 0.399. The summed E-state index contributed by atoms with van der Waals surface area (Å²) in [6.45, 7) is 18.6. The van der Waals surface area contributed by atoms with E-state index in [-0.39, 0.29) is 0 Å². The average molecular weight is 1070 g/mol. The van der Waals surface area contributed by atoms with E-state index in [0.29, 0.717) is 23.7 Å². The number of fused-ring (bicyclic) bond motifs is 10. The highest BCUT2D eigenvalue weighted by atomic mass is 14.9. The topological polar surface area (TPSA) is 4.41 Å². The van der Waals surface area contributed by atoms with Crippen LogP contribution in [0.25, 0.3) is 148 Å². The molecule has 0 saturated heterocycles. The number of hydrogen-bond donors (Lipinski definition) is 0. The van der Waals surface area contributed by atoms with E-state index in [4.69, 9.17) is 0 Å². The minimum atomic E-state index is 0.399. The molecule has 0 fully saturated rings. The molecule has 15 aromatic rings. The Kier molecular flexibility index (Phi) is 12.0. The van der Waals surface area contributed by atoms with Crippen molar-refractivity contribution in [2.75, 3.05) is 0 Å². The lowest BCUT2D eigenvalue weighted by molar-refractivity contribution is 0.838. The lowest BCUT2D eigenvalue weighted by Crippen LogP contribution is -1.99. The molecule has 0 aliphatic rings. The average Bonchev–Trinajstić information content (AvgIpc) is 2.63. The van der Waals surface area contributed by atoms with Crippen LogP contribution in [0.2, 0.25) is 0 Å². The van der Waals surface area contributed by atoms with Gasteiger partial charge in [-0.1, -0.05) is 243 Å². The smallest absolute Gasteiger partial charge is 0.0620 e. The summed E-state index contributed by atoms with van der Waals surface area (Å²) in [5, 5.41) is 15.1. The Balaban J connectivity index is 1.05. The van der Waals surface area contributed by atoms with Crippen molar-refractivity contribution in [3.8, 4) is 66.8 Å². The Labute approximate surface area is 487 Å². The third-order valence-electron chi connectivity index (χ3n) is 18.3. The molecule has 0 aliphatic carbocycles. The van der Waals surface area contributed by atoms with Gasteiger partial charge in [-0.2, -0.15) is 0 Å². The predicted molar refractivity (Wildman–Crippen MR) is 360 cm³/mol. The Morgan fingerprint density at radius 1 is 0.229 bits per heavy atom. The zero-order chi connectivity index (χ0) is 56.4. The van der Waals surface area contributed by atoms with Gasteiger partial charge in [0, 0.05) is 21.5 Å². The summed E-state index contributed by atoms with van der Waals surface area (Å²) in [5.41, 5.74) is 24.6. The van der Waals surface area contributed by atoms with Crippen LogP contribution in [0.4, 0.5) is 0 Å². The number of benzene rings is 13. The van der Waals surface area contributed by atoms with E-state index >= 15 is 0 Å². The van der Waals surface area contributed by atoms with Crippen LogP contribution in [0.5, 0.6) is 0 Å². The fourth-order valence-electron chi connectivity index (χ4n) is 14.5. The van der Waals surface area contributed by atoms with Crippen LogP contribution < -0.4 is 0 Å². The van der Waals surface area contributed by atoms with Crippen molar-refractivity contribution in [2.45, 2.75) is 79.1 Å². The van der Waals surface area contributed by atoms with E-state index in [2.05, 4.69) is 296 Å². The van der Waals surface area contributed by atoms with Crippen molar-refractivity contribution >= 4 is 81.2 Å². The van der Waals surface area contributed by atoms with Gasteiger partial charge in [-0.15, -0.1) is 0 Å². The molecule has 0 amide bonds. The first kappa shape index (κ1) is 50.6. The first-order valence-electron chi connectivity index (χ1n) is 30.1. The van der Waals surface area contributed by atoms with Gasteiger partial charge in [0.15, 0.2) is 0 Å². The highest BCUT2D eigenvalue weighted by molar-refractivity contribution is 6.30. The summed E-state index contributed by atoms with van der Waals surface area (Å²) in [7, 11) is 0. The normalized spacial score (nSPS) is 12.3. The highest BCUT2D eigenvalue weighted by Crippen LogP contribution is 2.52. The van der Waals surface area contributed by atoms with Gasteiger partial charge in [0.1, 0.15) is 0 Å². The van der Waals surface area contributed by atoms with Crippen LogP contribution in [0.3, 0.4) is 0 Å². The summed E-state index contributed by atoms with van der Waals surface area (Å²) >= 11 is 0. The van der Waals surface area contributed by atoms with Crippen LogP contribution in [-0.2, 0) is 0 Å². The lowest BCUT2D eigenvalue weighted by Gasteiger charge is -2.22. The molecule has 0 spiro atoms. The van der Waals surface area contributed by atoms with Gasteiger partial charge < -0.3 is 4.40 Å². The standard InChI is InChI=1S/C82H67N/c1-48(2)61-30-19-31-62(49(3)4)77(61)56-38-36-54-46-75-71(42-58(54)40-56)73-44-60(45-74-72-43-59-41-57(39-37-55(59)47-76(72)83(75)82(73)74)78-63(50(5)6)32-20-33-64(78)51(7)8)79-67-26-15-17-28-69(67)81(70-29-18-16-27-68(70)79)80-65(52-22-11-9-12-23-52)34-21-35-66(80)53-24-13-10-14-25-53/h9-51H,1-8H3. The quantitative estimate of drug-likeness (QED) is 0.120. The van der Waals surface area contributed by atoms with Gasteiger partial charge in [0.2, 0.25) is 0 Å².